The standard InChI is InChI=1S/C46H70N4O4/c1-5-9-13-17-19-23-27-35(25-21-15-11-7-3)45(53)49-37-29-31-39(47-33-37)41-43(51)42(44(41)52)40-32-30-38(34-48-40)50-46(54)36(26-22-16-12-8-4)28-24-20-18-14-10-6-2/h29-36,51H,5-28H2,1-4H3,(H,49,53). The van der Waals surface area contributed by atoms with E-state index in [0.29, 0.717) is 22.8 Å². The summed E-state index contributed by atoms with van der Waals surface area (Å²) >= 11 is 0. The first-order valence-electron chi connectivity index (χ1n) is 21.7. The molecule has 8 heteroatoms. The average Bonchev–Trinajstić information content (AvgIpc) is 3.17. The minimum atomic E-state index is -0.345. The molecule has 0 bridgehead atoms. The van der Waals surface area contributed by atoms with Gasteiger partial charge in [-0.25, -0.2) is 4.99 Å². The van der Waals surface area contributed by atoms with E-state index in [4.69, 9.17) is 0 Å². The Bertz CT molecular complexity index is 1450. The predicted octanol–water partition coefficient (Wildman–Crippen LogP) is 12.4. The van der Waals surface area contributed by atoms with Gasteiger partial charge in [-0.15, -0.1) is 0 Å². The third-order valence-electron chi connectivity index (χ3n) is 10.8. The number of nitrogens with one attached hydrogen (secondary N) is 1. The van der Waals surface area contributed by atoms with Crippen LogP contribution in [0.25, 0.3) is 5.57 Å². The van der Waals surface area contributed by atoms with E-state index < -0.39 is 0 Å². The molecular weight excluding hydrogens is 673 g/mol. The molecule has 1 aliphatic heterocycles. The van der Waals surface area contributed by atoms with Gasteiger partial charge >= 0.3 is 0 Å². The monoisotopic (exact) mass is 743 g/mol. The van der Waals surface area contributed by atoms with Crippen molar-refractivity contribution in [2.75, 3.05) is 5.32 Å². The number of hydrogen-bond donors (Lipinski definition) is 2. The lowest BCUT2D eigenvalue weighted by atomic mass is 9.84. The third-order valence-corrected chi connectivity index (χ3v) is 10.8. The van der Waals surface area contributed by atoms with Gasteiger partial charge in [0.25, 0.3) is 0 Å². The largest absolute Gasteiger partial charge is 0.506 e. The molecule has 0 radical (unpaired) electrons. The van der Waals surface area contributed by atoms with Gasteiger partial charge < -0.3 is 10.4 Å². The highest BCUT2D eigenvalue weighted by atomic mass is 16.3. The van der Waals surface area contributed by atoms with Gasteiger partial charge in [0, 0.05) is 11.8 Å². The number of allylic oxidation sites excluding steroid dienone is 4. The molecule has 2 heterocycles. The SMILES string of the molecule is CCCCCCCCC(CCCCCC)C(=O)N=C1C=CC(=C2C(=O)C(c3ccc(NC(=O)C(CCCCCC)CCCCCCCC)cn3)=C2O)N=C1. The molecule has 2 amide bonds. The van der Waals surface area contributed by atoms with Crippen molar-refractivity contribution in [2.24, 2.45) is 21.8 Å². The van der Waals surface area contributed by atoms with Crippen molar-refractivity contribution in [3.05, 3.63) is 53.2 Å². The summed E-state index contributed by atoms with van der Waals surface area (Å²) in [7, 11) is 0. The lowest BCUT2D eigenvalue weighted by Gasteiger charge is -2.22. The second-order valence-electron chi connectivity index (χ2n) is 15.4. The predicted molar refractivity (Wildman–Crippen MR) is 225 cm³/mol. The van der Waals surface area contributed by atoms with Crippen LogP contribution in [0.15, 0.2) is 57.5 Å². The lowest BCUT2D eigenvalue weighted by Crippen LogP contribution is -2.24. The summed E-state index contributed by atoms with van der Waals surface area (Å²) in [5, 5.41) is 14.0. The Hall–Kier alpha value is -3.68. The van der Waals surface area contributed by atoms with Crippen molar-refractivity contribution in [2.45, 2.75) is 182 Å². The summed E-state index contributed by atoms with van der Waals surface area (Å²) in [4.78, 5) is 53.1. The van der Waals surface area contributed by atoms with Crippen molar-refractivity contribution >= 4 is 40.8 Å². The average molecular weight is 743 g/mol. The molecule has 2 atom stereocenters. The summed E-state index contributed by atoms with van der Waals surface area (Å²) in [6, 6.07) is 3.39. The number of hydrogen-bond acceptors (Lipinski definition) is 6. The van der Waals surface area contributed by atoms with Crippen LogP contribution in [0.5, 0.6) is 0 Å². The van der Waals surface area contributed by atoms with Gasteiger partial charge in [0.15, 0.2) is 0 Å². The zero-order valence-corrected chi connectivity index (χ0v) is 34.1. The number of aliphatic imine (C=N–C) groups is 2. The van der Waals surface area contributed by atoms with Crippen molar-refractivity contribution in [3.8, 4) is 0 Å². The van der Waals surface area contributed by atoms with Gasteiger partial charge in [-0.05, 0) is 50.0 Å². The number of Topliss-reactive ketones (excluding diaryl/α,β-unsaturated/α-hetero) is 1. The first-order chi connectivity index (χ1) is 26.3. The second-order valence-corrected chi connectivity index (χ2v) is 15.4. The van der Waals surface area contributed by atoms with Crippen molar-refractivity contribution in [3.63, 3.8) is 0 Å². The first kappa shape index (κ1) is 44.7. The van der Waals surface area contributed by atoms with E-state index in [0.717, 1.165) is 83.5 Å². The maximum atomic E-state index is 13.3. The number of nitrogens with zero attached hydrogens (tertiary/aromatic N) is 3. The summed E-state index contributed by atoms with van der Waals surface area (Å²) in [6.07, 6.45) is 33.3. The number of carbonyl (C=O) groups excluding carboxylic acids is 3. The summed E-state index contributed by atoms with van der Waals surface area (Å²) in [5.41, 5.74) is 1.96. The zero-order valence-electron chi connectivity index (χ0n) is 34.1. The molecule has 1 aromatic heterocycles. The van der Waals surface area contributed by atoms with E-state index in [2.05, 4.69) is 48.0 Å². The lowest BCUT2D eigenvalue weighted by molar-refractivity contribution is -0.122. The maximum absolute atomic E-state index is 13.3. The molecule has 298 valence electrons. The highest BCUT2D eigenvalue weighted by Gasteiger charge is 2.38. The Kier molecular flexibility index (Phi) is 21.7. The van der Waals surface area contributed by atoms with E-state index in [-0.39, 0.29) is 46.3 Å². The Morgan fingerprint density at radius 3 is 1.63 bits per heavy atom. The Morgan fingerprint density at radius 2 is 1.17 bits per heavy atom. The minimum absolute atomic E-state index is 0.0234. The molecule has 2 aliphatic rings. The van der Waals surface area contributed by atoms with Crippen LogP contribution >= 0.6 is 0 Å². The summed E-state index contributed by atoms with van der Waals surface area (Å²) in [6.45, 7) is 8.83. The third kappa shape index (κ3) is 15.2. The van der Waals surface area contributed by atoms with Gasteiger partial charge in [-0.1, -0.05) is 156 Å². The van der Waals surface area contributed by atoms with Crippen LogP contribution in [0.2, 0.25) is 0 Å². The van der Waals surface area contributed by atoms with Crippen LogP contribution < -0.4 is 5.32 Å². The summed E-state index contributed by atoms with van der Waals surface area (Å²) in [5.74, 6) is -0.693. The fourth-order valence-electron chi connectivity index (χ4n) is 7.33. The van der Waals surface area contributed by atoms with Gasteiger partial charge in [-0.3, -0.25) is 24.4 Å². The number of aromatic nitrogens is 1. The smallest absolute Gasteiger partial charge is 0.249 e. The molecule has 3 rings (SSSR count). The number of unbranched alkanes of at least 4 members (excludes halogenated alkanes) is 16. The van der Waals surface area contributed by atoms with E-state index in [1.54, 1.807) is 30.5 Å². The van der Waals surface area contributed by atoms with E-state index >= 15 is 0 Å². The Balaban J connectivity index is 1.61. The topological polar surface area (TPSA) is 121 Å². The normalized spacial score (nSPS) is 17.3. The number of pyridine rings is 1. The molecule has 0 aromatic carbocycles. The van der Waals surface area contributed by atoms with Crippen LogP contribution in [-0.2, 0) is 14.4 Å². The molecular formula is C46H70N4O4. The van der Waals surface area contributed by atoms with Gasteiger partial charge in [0.05, 0.1) is 46.3 Å². The Labute approximate surface area is 326 Å². The number of dihydropyridines is 1. The summed E-state index contributed by atoms with van der Waals surface area (Å²) < 4.78 is 0. The molecule has 2 unspecified atom stereocenters. The van der Waals surface area contributed by atoms with E-state index in [9.17, 15) is 19.5 Å². The van der Waals surface area contributed by atoms with Crippen molar-refractivity contribution in [1.29, 1.82) is 0 Å². The molecule has 0 saturated carbocycles. The first-order valence-corrected chi connectivity index (χ1v) is 21.7. The molecule has 2 N–H and O–H groups in total. The quantitative estimate of drug-likeness (QED) is 0.0654. The number of anilines is 1. The minimum Gasteiger partial charge on any atom is -0.506 e. The van der Waals surface area contributed by atoms with Gasteiger partial charge in [-0.2, -0.15) is 0 Å². The molecule has 54 heavy (non-hydrogen) atoms. The molecule has 8 nitrogen and oxygen atoms in total. The number of ketones is 1. The zero-order chi connectivity index (χ0) is 39.0. The molecule has 0 fully saturated rings. The second kappa shape index (κ2) is 26.2. The van der Waals surface area contributed by atoms with Crippen LogP contribution in [0.1, 0.15) is 187 Å². The van der Waals surface area contributed by atoms with E-state index in [1.807, 2.05) is 0 Å². The fraction of sp³-hybridized carbons (Fsp3) is 0.652. The molecule has 1 aliphatic carbocycles. The molecule has 0 spiro atoms. The number of aliphatic hydroxyl groups is 1. The number of amides is 2. The number of rotatable bonds is 28. The highest BCUT2D eigenvalue weighted by Crippen LogP contribution is 2.38. The van der Waals surface area contributed by atoms with Gasteiger partial charge in [0.1, 0.15) is 5.76 Å². The van der Waals surface area contributed by atoms with E-state index in [1.165, 1.54) is 76.8 Å². The van der Waals surface area contributed by atoms with Crippen molar-refractivity contribution in [1.82, 2.24) is 4.98 Å². The van der Waals surface area contributed by atoms with Crippen LogP contribution in [0.3, 0.4) is 0 Å². The number of aliphatic hydroxyl groups excluding tert-OH is 1. The van der Waals surface area contributed by atoms with Gasteiger partial charge in [0.2, 0.25) is 17.6 Å². The van der Waals surface area contributed by atoms with Crippen LogP contribution in [-0.4, -0.2) is 39.6 Å². The fourth-order valence-corrected chi connectivity index (χ4v) is 7.33. The number of carbonyl (C=O) groups is 3. The molecule has 1 aromatic rings. The molecule has 0 saturated heterocycles. The maximum Gasteiger partial charge on any atom is 0.249 e. The van der Waals surface area contributed by atoms with Crippen LogP contribution in [0.4, 0.5) is 5.69 Å². The highest BCUT2D eigenvalue weighted by molar-refractivity contribution is 6.41. The Morgan fingerprint density at radius 1 is 0.667 bits per heavy atom. The van der Waals surface area contributed by atoms with Crippen molar-refractivity contribution < 1.29 is 19.5 Å². The van der Waals surface area contributed by atoms with Crippen LogP contribution in [0, 0.1) is 11.8 Å².